The second-order valence-corrected chi connectivity index (χ2v) is 3.58. The van der Waals surface area contributed by atoms with Crippen LogP contribution in [0, 0.1) is 0 Å². The molecule has 6 nitrogen and oxygen atoms in total. The molecule has 94 valence electrons. The minimum atomic E-state index is -1.10. The Morgan fingerprint density at radius 1 is 1.35 bits per heavy atom. The molecule has 0 saturated carbocycles. The molecule has 1 aromatic carbocycles. The lowest BCUT2D eigenvalue weighted by molar-refractivity contribution is -0.138. The summed E-state index contributed by atoms with van der Waals surface area (Å²) in [5.41, 5.74) is 5.86. The lowest BCUT2D eigenvalue weighted by atomic mass is 10.1. The fraction of sp³-hybridized carbons (Fsp3) is 0.364. The molecule has 17 heavy (non-hydrogen) atoms. The molecule has 1 heterocycles. The second-order valence-electron chi connectivity index (χ2n) is 3.58. The summed E-state index contributed by atoms with van der Waals surface area (Å²) in [5, 5.41) is 26.6. The van der Waals surface area contributed by atoms with E-state index in [4.69, 9.17) is 21.1 Å². The molecule has 0 amide bonds. The Balaban J connectivity index is 0.000000415. The van der Waals surface area contributed by atoms with Gasteiger partial charge in [-0.1, -0.05) is 6.07 Å². The van der Waals surface area contributed by atoms with Gasteiger partial charge in [-0.15, -0.1) is 0 Å². The molecule has 1 fully saturated rings. The predicted octanol–water partition coefficient (Wildman–Crippen LogP) is 0.0688. The van der Waals surface area contributed by atoms with Crippen LogP contribution in [0.1, 0.15) is 5.56 Å². The van der Waals surface area contributed by atoms with Gasteiger partial charge in [-0.25, -0.2) is 0 Å². The summed E-state index contributed by atoms with van der Waals surface area (Å²) in [4.78, 5) is 10.4. The fourth-order valence-electron chi connectivity index (χ4n) is 1.04. The Morgan fingerprint density at radius 3 is 2.35 bits per heavy atom. The molecule has 1 saturated heterocycles. The molecule has 1 aliphatic heterocycles. The number of nitrogens with two attached hydrogens (primary N) is 1. The first-order valence-corrected chi connectivity index (χ1v) is 5.07. The molecule has 1 aliphatic rings. The van der Waals surface area contributed by atoms with E-state index in [2.05, 4.69) is 4.74 Å². The van der Waals surface area contributed by atoms with Crippen LogP contribution in [0.15, 0.2) is 18.2 Å². The van der Waals surface area contributed by atoms with Gasteiger partial charge in [-0.3, -0.25) is 4.79 Å². The number of hydrogen-bond acceptors (Lipinski definition) is 5. The smallest absolute Gasteiger partial charge is 0.320 e. The number of phenols is 2. The van der Waals surface area contributed by atoms with Crippen molar-refractivity contribution in [3.8, 4) is 11.5 Å². The Bertz CT molecular complexity index is 389. The second kappa shape index (κ2) is 6.07. The number of carbonyl (C=O) groups is 1. The monoisotopic (exact) mass is 241 g/mol. The van der Waals surface area contributed by atoms with Gasteiger partial charge >= 0.3 is 5.97 Å². The molecule has 1 unspecified atom stereocenters. The number of epoxide rings is 1. The van der Waals surface area contributed by atoms with Crippen molar-refractivity contribution >= 4 is 5.97 Å². The summed E-state index contributed by atoms with van der Waals surface area (Å²) >= 11 is 0. The summed E-state index contributed by atoms with van der Waals surface area (Å²) in [6.45, 7) is 2.00. The summed E-state index contributed by atoms with van der Waals surface area (Å²) < 4.78 is 4.50. The van der Waals surface area contributed by atoms with Gasteiger partial charge in [0.25, 0.3) is 0 Å². The third kappa shape index (κ3) is 5.19. The molecule has 5 N–H and O–H groups in total. The Labute approximate surface area is 98.3 Å². The molecular formula is C11H15NO5. The SMILES string of the molecule is C1CO1.NC(Cc1ccc(O)c(O)c1)C(=O)O. The standard InChI is InChI=1S/C9H11NO4.C2H4O/c10-6(9(13)14)3-5-1-2-7(11)8(12)4-5;1-2-3-1/h1-2,4,6,11-12H,3,10H2,(H,13,14);1-2H2. The molecule has 2 rings (SSSR count). The summed E-state index contributed by atoms with van der Waals surface area (Å²) in [6, 6.07) is 3.09. The Hall–Kier alpha value is -1.79. The first-order valence-electron chi connectivity index (χ1n) is 5.07. The number of phenolic OH excluding ortho intramolecular Hbond substituents is 2. The van der Waals surface area contributed by atoms with E-state index in [0.29, 0.717) is 5.56 Å². The van der Waals surface area contributed by atoms with Gasteiger partial charge in [0.15, 0.2) is 11.5 Å². The highest BCUT2D eigenvalue weighted by molar-refractivity contribution is 5.73. The van der Waals surface area contributed by atoms with E-state index in [1.54, 1.807) is 0 Å². The number of hydrogen-bond donors (Lipinski definition) is 4. The van der Waals surface area contributed by atoms with E-state index in [1.165, 1.54) is 18.2 Å². The summed E-state index contributed by atoms with van der Waals surface area (Å²) in [6.07, 6.45) is 0.114. The van der Waals surface area contributed by atoms with Gasteiger partial charge < -0.3 is 25.8 Å². The van der Waals surface area contributed by atoms with Gasteiger partial charge in [0.1, 0.15) is 6.04 Å². The molecule has 1 aromatic rings. The van der Waals surface area contributed by atoms with Gasteiger partial charge in [-0.05, 0) is 24.1 Å². The van der Waals surface area contributed by atoms with Crippen molar-refractivity contribution in [2.75, 3.05) is 13.2 Å². The highest BCUT2D eigenvalue weighted by atomic mass is 16.6. The third-order valence-electron chi connectivity index (χ3n) is 2.02. The molecule has 1 atom stereocenters. The van der Waals surface area contributed by atoms with Crippen LogP contribution < -0.4 is 5.73 Å². The van der Waals surface area contributed by atoms with Crippen molar-refractivity contribution in [1.82, 2.24) is 0 Å². The first kappa shape index (κ1) is 13.3. The number of carboxylic acid groups (broad SMARTS) is 1. The highest BCUT2D eigenvalue weighted by Crippen LogP contribution is 2.25. The van der Waals surface area contributed by atoms with Gasteiger partial charge in [0.2, 0.25) is 0 Å². The van der Waals surface area contributed by atoms with Crippen LogP contribution in [-0.4, -0.2) is 40.5 Å². The number of rotatable bonds is 3. The summed E-state index contributed by atoms with van der Waals surface area (Å²) in [7, 11) is 0. The number of ether oxygens (including phenoxy) is 1. The van der Waals surface area contributed by atoms with Gasteiger partial charge in [0.05, 0.1) is 13.2 Å². The Morgan fingerprint density at radius 2 is 1.94 bits per heavy atom. The van der Waals surface area contributed by atoms with Crippen LogP contribution in [0.4, 0.5) is 0 Å². The van der Waals surface area contributed by atoms with Crippen molar-refractivity contribution in [2.24, 2.45) is 5.73 Å². The largest absolute Gasteiger partial charge is 0.504 e. The average molecular weight is 241 g/mol. The van der Waals surface area contributed by atoms with Crippen molar-refractivity contribution in [3.05, 3.63) is 23.8 Å². The number of aromatic hydroxyl groups is 2. The van der Waals surface area contributed by atoms with Crippen LogP contribution >= 0.6 is 0 Å². The summed E-state index contributed by atoms with van der Waals surface area (Å²) in [5.74, 6) is -1.62. The minimum absolute atomic E-state index is 0.114. The molecule has 6 heteroatoms. The molecule has 0 radical (unpaired) electrons. The maximum absolute atomic E-state index is 10.4. The van der Waals surface area contributed by atoms with E-state index >= 15 is 0 Å². The normalized spacial score (nSPS) is 14.4. The highest BCUT2D eigenvalue weighted by Gasteiger charge is 2.12. The van der Waals surface area contributed by atoms with Gasteiger partial charge in [-0.2, -0.15) is 0 Å². The van der Waals surface area contributed by atoms with Crippen molar-refractivity contribution in [2.45, 2.75) is 12.5 Å². The van der Waals surface area contributed by atoms with Crippen molar-refractivity contribution in [3.63, 3.8) is 0 Å². The van der Waals surface area contributed by atoms with E-state index in [0.717, 1.165) is 13.2 Å². The topological polar surface area (TPSA) is 116 Å². The lowest BCUT2D eigenvalue weighted by Crippen LogP contribution is -2.32. The zero-order valence-electron chi connectivity index (χ0n) is 9.17. The number of carboxylic acids is 1. The first-order chi connectivity index (χ1) is 8.00. The van der Waals surface area contributed by atoms with Crippen LogP contribution in [0.5, 0.6) is 11.5 Å². The van der Waals surface area contributed by atoms with Gasteiger partial charge in [0, 0.05) is 0 Å². The maximum atomic E-state index is 10.4. The molecule has 0 aliphatic carbocycles. The fourth-order valence-corrected chi connectivity index (χ4v) is 1.04. The Kier molecular flexibility index (Phi) is 4.74. The zero-order chi connectivity index (χ0) is 12.8. The lowest BCUT2D eigenvalue weighted by Gasteiger charge is -2.06. The predicted molar refractivity (Wildman–Crippen MR) is 59.9 cm³/mol. The molecular weight excluding hydrogens is 226 g/mol. The molecule has 0 spiro atoms. The van der Waals surface area contributed by atoms with E-state index in [1.807, 2.05) is 0 Å². The number of benzene rings is 1. The van der Waals surface area contributed by atoms with E-state index in [9.17, 15) is 4.79 Å². The maximum Gasteiger partial charge on any atom is 0.320 e. The molecule has 0 bridgehead atoms. The van der Waals surface area contributed by atoms with Crippen LogP contribution in [0.25, 0.3) is 0 Å². The third-order valence-corrected chi connectivity index (χ3v) is 2.02. The average Bonchev–Trinajstić information content (AvgIpc) is 3.10. The quantitative estimate of drug-likeness (QED) is 0.439. The minimum Gasteiger partial charge on any atom is -0.504 e. The number of aliphatic carboxylic acids is 1. The molecule has 0 aromatic heterocycles. The van der Waals surface area contributed by atoms with Crippen LogP contribution in [0.3, 0.4) is 0 Å². The van der Waals surface area contributed by atoms with Crippen LogP contribution in [-0.2, 0) is 16.0 Å². The van der Waals surface area contributed by atoms with Crippen molar-refractivity contribution < 1.29 is 24.9 Å². The van der Waals surface area contributed by atoms with E-state index in [-0.39, 0.29) is 17.9 Å². The van der Waals surface area contributed by atoms with E-state index < -0.39 is 12.0 Å². The van der Waals surface area contributed by atoms with Crippen LogP contribution in [0.2, 0.25) is 0 Å². The van der Waals surface area contributed by atoms with Crippen molar-refractivity contribution in [1.29, 1.82) is 0 Å². The zero-order valence-corrected chi connectivity index (χ0v) is 9.17.